The summed E-state index contributed by atoms with van der Waals surface area (Å²) in [6.45, 7) is -0.411. The fourth-order valence-electron chi connectivity index (χ4n) is 1.60. The Morgan fingerprint density at radius 1 is 1.04 bits per heavy atom. The lowest BCUT2D eigenvalue weighted by atomic mass is 10.3. The van der Waals surface area contributed by atoms with E-state index < -0.39 is 18.3 Å². The summed E-state index contributed by atoms with van der Waals surface area (Å²) in [5.74, 6) is -1.45. The van der Waals surface area contributed by atoms with Crippen molar-refractivity contribution < 1.29 is 18.7 Å². The molecule has 0 spiro atoms. The highest BCUT2D eigenvalue weighted by atomic mass is 35.5. The highest BCUT2D eigenvalue weighted by Crippen LogP contribution is 2.19. The van der Waals surface area contributed by atoms with Gasteiger partial charge >= 0.3 is 0 Å². The number of carbonyl (C=O) groups is 2. The van der Waals surface area contributed by atoms with Crippen LogP contribution in [-0.4, -0.2) is 24.2 Å². The van der Waals surface area contributed by atoms with E-state index in [0.29, 0.717) is 5.02 Å². The summed E-state index contributed by atoms with van der Waals surface area (Å²) >= 11 is 7.07. The zero-order valence-corrected chi connectivity index (χ0v) is 14.0. The summed E-state index contributed by atoms with van der Waals surface area (Å²) in [4.78, 5) is 24.1. The fraction of sp³-hybridized carbons (Fsp3) is 0.125. The predicted octanol–water partition coefficient (Wildman–Crippen LogP) is 2.80. The van der Waals surface area contributed by atoms with E-state index >= 15 is 0 Å². The standard InChI is InChI=1S/C16H14ClFN2O3S/c17-11-5-7-12(8-6-11)24-10-16(22)20-19-15(21)9-23-14-4-2-1-3-13(14)18/h1-8H,9-10H2,(H,19,21)(H,20,22). The molecule has 2 rings (SSSR count). The maximum atomic E-state index is 13.3. The molecule has 0 aliphatic carbocycles. The number of halogens is 2. The van der Waals surface area contributed by atoms with Crippen molar-refractivity contribution in [2.75, 3.05) is 12.4 Å². The van der Waals surface area contributed by atoms with Gasteiger partial charge in [0.15, 0.2) is 18.2 Å². The van der Waals surface area contributed by atoms with Crippen LogP contribution in [0.5, 0.6) is 5.75 Å². The van der Waals surface area contributed by atoms with Crippen LogP contribution in [-0.2, 0) is 9.59 Å². The summed E-state index contributed by atoms with van der Waals surface area (Å²) in [6, 6.07) is 12.8. The number of thioether (sulfide) groups is 1. The Kier molecular flexibility index (Phi) is 6.89. The first-order chi connectivity index (χ1) is 11.5. The molecule has 126 valence electrons. The first-order valence-corrected chi connectivity index (χ1v) is 8.24. The number of para-hydroxylation sites is 1. The van der Waals surface area contributed by atoms with E-state index in [1.54, 1.807) is 30.3 Å². The number of hydrogen-bond donors (Lipinski definition) is 2. The smallest absolute Gasteiger partial charge is 0.276 e. The first-order valence-electron chi connectivity index (χ1n) is 6.88. The Balaban J connectivity index is 1.66. The van der Waals surface area contributed by atoms with Crippen LogP contribution in [0.4, 0.5) is 4.39 Å². The van der Waals surface area contributed by atoms with Gasteiger partial charge in [-0.2, -0.15) is 0 Å². The molecule has 2 aromatic carbocycles. The van der Waals surface area contributed by atoms with Crippen molar-refractivity contribution in [3.63, 3.8) is 0 Å². The van der Waals surface area contributed by atoms with Crippen molar-refractivity contribution in [2.24, 2.45) is 0 Å². The highest BCUT2D eigenvalue weighted by Gasteiger charge is 2.08. The third-order valence-corrected chi connectivity index (χ3v) is 3.98. The number of carbonyl (C=O) groups excluding carboxylic acids is 2. The number of amides is 2. The molecule has 0 unspecified atom stereocenters. The second kappa shape index (κ2) is 9.14. The number of ether oxygens (including phenoxy) is 1. The van der Waals surface area contributed by atoms with Gasteiger partial charge in [-0.3, -0.25) is 20.4 Å². The molecule has 5 nitrogen and oxygen atoms in total. The quantitative estimate of drug-likeness (QED) is 0.607. The van der Waals surface area contributed by atoms with Crippen molar-refractivity contribution in [1.82, 2.24) is 10.9 Å². The van der Waals surface area contributed by atoms with Crippen molar-refractivity contribution in [3.05, 3.63) is 59.4 Å². The third-order valence-electron chi connectivity index (χ3n) is 2.72. The minimum absolute atomic E-state index is 0.0303. The second-order valence-electron chi connectivity index (χ2n) is 4.56. The number of hydrazine groups is 1. The van der Waals surface area contributed by atoms with Crippen LogP contribution in [0.1, 0.15) is 0 Å². The first kappa shape index (κ1) is 18.1. The van der Waals surface area contributed by atoms with Gasteiger partial charge in [-0.25, -0.2) is 4.39 Å². The molecular formula is C16H14ClFN2O3S. The van der Waals surface area contributed by atoms with E-state index in [-0.39, 0.29) is 17.4 Å². The molecule has 0 atom stereocenters. The summed E-state index contributed by atoms with van der Waals surface area (Å²) in [5, 5.41) is 0.617. The SMILES string of the molecule is O=C(COc1ccccc1F)NNC(=O)CSc1ccc(Cl)cc1. The molecule has 2 N–H and O–H groups in total. The van der Waals surface area contributed by atoms with Gasteiger partial charge in [0.2, 0.25) is 5.91 Å². The summed E-state index contributed by atoms with van der Waals surface area (Å²) in [5.41, 5.74) is 4.45. The number of benzene rings is 2. The lowest BCUT2D eigenvalue weighted by molar-refractivity contribution is -0.128. The maximum Gasteiger partial charge on any atom is 0.276 e. The molecule has 0 heterocycles. The van der Waals surface area contributed by atoms with Crippen molar-refractivity contribution in [2.45, 2.75) is 4.90 Å². The summed E-state index contributed by atoms with van der Waals surface area (Å²) < 4.78 is 18.3. The Morgan fingerprint density at radius 3 is 2.42 bits per heavy atom. The average molecular weight is 369 g/mol. The Hall–Kier alpha value is -2.25. The lowest BCUT2D eigenvalue weighted by Crippen LogP contribution is -2.44. The van der Waals surface area contributed by atoms with Gasteiger partial charge in [-0.15, -0.1) is 11.8 Å². The monoisotopic (exact) mass is 368 g/mol. The molecule has 2 aromatic rings. The maximum absolute atomic E-state index is 13.3. The molecule has 0 saturated heterocycles. The van der Waals surface area contributed by atoms with Crippen LogP contribution in [0, 0.1) is 5.82 Å². The molecule has 24 heavy (non-hydrogen) atoms. The Labute approximate surface area is 147 Å². The zero-order chi connectivity index (χ0) is 17.4. The van der Waals surface area contributed by atoms with Gasteiger partial charge in [0, 0.05) is 9.92 Å². The predicted molar refractivity (Wildman–Crippen MR) is 90.4 cm³/mol. The van der Waals surface area contributed by atoms with Crippen molar-refractivity contribution in [3.8, 4) is 5.75 Å². The Morgan fingerprint density at radius 2 is 1.71 bits per heavy atom. The molecular weight excluding hydrogens is 355 g/mol. The Bertz CT molecular complexity index is 713. The van der Waals surface area contributed by atoms with Crippen molar-refractivity contribution >= 4 is 35.2 Å². The number of nitrogens with one attached hydrogen (secondary N) is 2. The summed E-state index contributed by atoms with van der Waals surface area (Å²) in [7, 11) is 0. The van der Waals surface area contributed by atoms with Crippen LogP contribution in [0.25, 0.3) is 0 Å². The lowest BCUT2D eigenvalue weighted by Gasteiger charge is -2.09. The minimum atomic E-state index is -0.594. The van der Waals surface area contributed by atoms with Crippen LogP contribution in [0.2, 0.25) is 5.02 Å². The van der Waals surface area contributed by atoms with Gasteiger partial charge in [-0.1, -0.05) is 23.7 Å². The zero-order valence-electron chi connectivity index (χ0n) is 12.4. The van der Waals surface area contributed by atoms with E-state index in [1.165, 1.54) is 30.0 Å². The van der Waals surface area contributed by atoms with Crippen LogP contribution in [0.15, 0.2) is 53.4 Å². The normalized spacial score (nSPS) is 10.1. The molecule has 0 aliphatic heterocycles. The summed E-state index contributed by atoms with van der Waals surface area (Å²) in [6.07, 6.45) is 0. The highest BCUT2D eigenvalue weighted by molar-refractivity contribution is 8.00. The molecule has 0 fully saturated rings. The number of rotatable bonds is 6. The van der Waals surface area contributed by atoms with Gasteiger partial charge < -0.3 is 4.74 Å². The van der Waals surface area contributed by atoms with Gasteiger partial charge in [-0.05, 0) is 36.4 Å². The largest absolute Gasteiger partial charge is 0.481 e. The fourth-order valence-corrected chi connectivity index (χ4v) is 2.42. The van der Waals surface area contributed by atoms with E-state index in [0.717, 1.165) is 4.90 Å². The number of hydrogen-bond acceptors (Lipinski definition) is 4. The van der Waals surface area contributed by atoms with E-state index in [2.05, 4.69) is 10.9 Å². The van der Waals surface area contributed by atoms with Crippen molar-refractivity contribution in [1.29, 1.82) is 0 Å². The third kappa shape index (κ3) is 6.10. The average Bonchev–Trinajstić information content (AvgIpc) is 2.58. The van der Waals surface area contributed by atoms with E-state index in [1.807, 2.05) is 0 Å². The van der Waals surface area contributed by atoms with Crippen LogP contribution in [0.3, 0.4) is 0 Å². The van der Waals surface area contributed by atoms with Crippen LogP contribution < -0.4 is 15.6 Å². The van der Waals surface area contributed by atoms with E-state index in [4.69, 9.17) is 16.3 Å². The van der Waals surface area contributed by atoms with Gasteiger partial charge in [0.25, 0.3) is 5.91 Å². The molecule has 0 radical (unpaired) electrons. The molecule has 8 heteroatoms. The molecule has 2 amide bonds. The molecule has 0 saturated carbocycles. The molecule has 0 bridgehead atoms. The molecule has 0 aliphatic rings. The van der Waals surface area contributed by atoms with Crippen LogP contribution >= 0.6 is 23.4 Å². The topological polar surface area (TPSA) is 67.4 Å². The second-order valence-corrected chi connectivity index (χ2v) is 6.04. The minimum Gasteiger partial charge on any atom is -0.481 e. The van der Waals surface area contributed by atoms with E-state index in [9.17, 15) is 14.0 Å². The van der Waals surface area contributed by atoms with Gasteiger partial charge in [0.1, 0.15) is 0 Å². The van der Waals surface area contributed by atoms with Gasteiger partial charge in [0.05, 0.1) is 5.75 Å². The molecule has 0 aromatic heterocycles.